The Hall–Kier alpha value is -1.02. The predicted molar refractivity (Wildman–Crippen MR) is 87.3 cm³/mol. The molecule has 0 fully saturated rings. The molecule has 1 aromatic carbocycles. The summed E-state index contributed by atoms with van der Waals surface area (Å²) < 4.78 is 0. The van der Waals surface area contributed by atoms with Gasteiger partial charge in [0.1, 0.15) is 5.75 Å². The molecule has 0 bridgehead atoms. The van der Waals surface area contributed by atoms with Crippen LogP contribution in [-0.2, 0) is 10.8 Å². The second-order valence-electron chi connectivity index (χ2n) is 8.23. The Bertz CT molecular complexity index is 475. The smallest absolute Gasteiger partial charge is 0.124 e. The lowest BCUT2D eigenvalue weighted by atomic mass is 9.77. The molecule has 1 rings (SSSR count). The van der Waals surface area contributed by atoms with Gasteiger partial charge in [-0.05, 0) is 33.9 Å². The van der Waals surface area contributed by atoms with Crippen LogP contribution in [0.3, 0.4) is 0 Å². The molecule has 1 atom stereocenters. The molecule has 0 aliphatic carbocycles. The summed E-state index contributed by atoms with van der Waals surface area (Å²) in [5.41, 5.74) is 9.33. The number of nitrogens with two attached hydrogens (primary N) is 1. The molecule has 0 aromatic heterocycles. The van der Waals surface area contributed by atoms with E-state index in [1.807, 2.05) is 0 Å². The molecular formula is C18H31NO. The Labute approximate surface area is 124 Å². The van der Waals surface area contributed by atoms with Gasteiger partial charge in [-0.3, -0.25) is 0 Å². The average molecular weight is 277 g/mol. The van der Waals surface area contributed by atoms with E-state index in [1.165, 1.54) is 5.56 Å². The summed E-state index contributed by atoms with van der Waals surface area (Å²) in [6.07, 6.45) is 0. The van der Waals surface area contributed by atoms with Crippen LogP contribution in [-0.4, -0.2) is 5.11 Å². The van der Waals surface area contributed by atoms with E-state index in [1.54, 1.807) is 0 Å². The summed E-state index contributed by atoms with van der Waals surface area (Å²) in [4.78, 5) is 0. The maximum Gasteiger partial charge on any atom is 0.124 e. The van der Waals surface area contributed by atoms with Crippen molar-refractivity contribution in [2.75, 3.05) is 0 Å². The number of benzene rings is 1. The van der Waals surface area contributed by atoms with E-state index in [0.717, 1.165) is 11.1 Å². The fourth-order valence-corrected chi connectivity index (χ4v) is 2.27. The standard InChI is InChI=1S/C18H31NO/c1-11(2)15(19)13-9-12(17(3,4)5)10-14(16(13)20)18(6,7)8/h9-11,15,20H,19H2,1-8H3. The third kappa shape index (κ3) is 3.54. The quantitative estimate of drug-likeness (QED) is 0.827. The first-order valence-corrected chi connectivity index (χ1v) is 7.49. The summed E-state index contributed by atoms with van der Waals surface area (Å²) in [5.74, 6) is 0.663. The third-order valence-electron chi connectivity index (χ3n) is 3.89. The van der Waals surface area contributed by atoms with E-state index in [9.17, 15) is 5.11 Å². The topological polar surface area (TPSA) is 46.2 Å². The molecule has 114 valence electrons. The van der Waals surface area contributed by atoms with Crippen LogP contribution >= 0.6 is 0 Å². The SMILES string of the molecule is CC(C)C(N)c1cc(C(C)(C)C)cc(C(C)(C)C)c1O. The maximum absolute atomic E-state index is 10.7. The van der Waals surface area contributed by atoms with Gasteiger partial charge in [0, 0.05) is 11.6 Å². The van der Waals surface area contributed by atoms with E-state index in [2.05, 4.69) is 67.5 Å². The Morgan fingerprint density at radius 2 is 1.45 bits per heavy atom. The fourth-order valence-electron chi connectivity index (χ4n) is 2.27. The number of hydrogen-bond donors (Lipinski definition) is 2. The molecular weight excluding hydrogens is 246 g/mol. The lowest BCUT2D eigenvalue weighted by molar-refractivity contribution is 0.417. The van der Waals surface area contributed by atoms with E-state index in [-0.39, 0.29) is 16.9 Å². The summed E-state index contributed by atoms with van der Waals surface area (Å²) in [5, 5.41) is 10.7. The van der Waals surface area contributed by atoms with Crippen LogP contribution in [0.25, 0.3) is 0 Å². The minimum atomic E-state index is -0.140. The van der Waals surface area contributed by atoms with Crippen molar-refractivity contribution in [2.45, 2.75) is 72.3 Å². The molecule has 0 heterocycles. The van der Waals surface area contributed by atoms with Crippen LogP contribution in [0.15, 0.2) is 12.1 Å². The molecule has 3 N–H and O–H groups in total. The van der Waals surface area contributed by atoms with Crippen LogP contribution in [0.2, 0.25) is 0 Å². The van der Waals surface area contributed by atoms with Crippen molar-refractivity contribution in [1.82, 2.24) is 0 Å². The molecule has 0 radical (unpaired) electrons. The molecule has 1 aromatic rings. The first-order chi connectivity index (χ1) is 8.85. The molecule has 0 saturated heterocycles. The Balaban J connectivity index is 3.60. The number of hydrogen-bond acceptors (Lipinski definition) is 2. The van der Waals surface area contributed by atoms with Crippen molar-refractivity contribution in [2.24, 2.45) is 11.7 Å². The molecule has 0 aliphatic rings. The van der Waals surface area contributed by atoms with E-state index < -0.39 is 0 Å². The molecule has 0 saturated carbocycles. The summed E-state index contributed by atoms with van der Waals surface area (Å²) in [6, 6.07) is 4.07. The number of rotatable bonds is 2. The Morgan fingerprint density at radius 3 is 1.80 bits per heavy atom. The minimum Gasteiger partial charge on any atom is -0.507 e. The predicted octanol–water partition coefficient (Wildman–Crippen LogP) is 4.64. The van der Waals surface area contributed by atoms with E-state index >= 15 is 0 Å². The van der Waals surface area contributed by atoms with E-state index in [4.69, 9.17) is 5.73 Å². The fraction of sp³-hybridized carbons (Fsp3) is 0.667. The largest absolute Gasteiger partial charge is 0.507 e. The molecule has 0 amide bonds. The van der Waals surface area contributed by atoms with Gasteiger partial charge in [-0.15, -0.1) is 0 Å². The van der Waals surface area contributed by atoms with Gasteiger partial charge >= 0.3 is 0 Å². The van der Waals surface area contributed by atoms with Gasteiger partial charge in [-0.25, -0.2) is 0 Å². The van der Waals surface area contributed by atoms with Crippen molar-refractivity contribution < 1.29 is 5.11 Å². The number of phenolic OH excluding ortho intramolecular Hbond substituents is 1. The van der Waals surface area contributed by atoms with Crippen molar-refractivity contribution in [3.63, 3.8) is 0 Å². The van der Waals surface area contributed by atoms with Crippen molar-refractivity contribution in [3.05, 3.63) is 28.8 Å². The number of aromatic hydroxyl groups is 1. The first-order valence-electron chi connectivity index (χ1n) is 7.49. The van der Waals surface area contributed by atoms with Gasteiger partial charge in [-0.2, -0.15) is 0 Å². The monoisotopic (exact) mass is 277 g/mol. The highest BCUT2D eigenvalue weighted by atomic mass is 16.3. The van der Waals surface area contributed by atoms with Crippen LogP contribution in [0, 0.1) is 5.92 Å². The Morgan fingerprint density at radius 1 is 0.950 bits per heavy atom. The highest BCUT2D eigenvalue weighted by Gasteiger charge is 2.27. The van der Waals surface area contributed by atoms with Crippen LogP contribution in [0.4, 0.5) is 0 Å². The molecule has 0 spiro atoms. The normalized spacial score (nSPS) is 14.7. The second kappa shape index (κ2) is 5.40. The van der Waals surface area contributed by atoms with Crippen molar-refractivity contribution >= 4 is 0 Å². The summed E-state index contributed by atoms with van der Waals surface area (Å²) in [7, 11) is 0. The maximum atomic E-state index is 10.7. The summed E-state index contributed by atoms with van der Waals surface area (Å²) in [6.45, 7) is 17.1. The molecule has 20 heavy (non-hydrogen) atoms. The highest BCUT2D eigenvalue weighted by molar-refractivity contribution is 5.50. The van der Waals surface area contributed by atoms with Gasteiger partial charge < -0.3 is 10.8 Å². The van der Waals surface area contributed by atoms with Gasteiger partial charge in [0.05, 0.1) is 0 Å². The van der Waals surface area contributed by atoms with Gasteiger partial charge in [0.2, 0.25) is 0 Å². The minimum absolute atomic E-state index is 0.0408. The van der Waals surface area contributed by atoms with Crippen LogP contribution in [0.5, 0.6) is 5.75 Å². The molecule has 2 nitrogen and oxygen atoms in total. The van der Waals surface area contributed by atoms with Crippen molar-refractivity contribution in [3.8, 4) is 5.75 Å². The van der Waals surface area contributed by atoms with Gasteiger partial charge in [0.15, 0.2) is 0 Å². The van der Waals surface area contributed by atoms with Gasteiger partial charge in [-0.1, -0.05) is 61.5 Å². The van der Waals surface area contributed by atoms with Crippen LogP contribution < -0.4 is 5.73 Å². The summed E-state index contributed by atoms with van der Waals surface area (Å²) >= 11 is 0. The highest BCUT2D eigenvalue weighted by Crippen LogP contribution is 2.40. The molecule has 2 heteroatoms. The molecule has 1 unspecified atom stereocenters. The number of phenols is 1. The zero-order valence-electron chi connectivity index (χ0n) is 14.3. The van der Waals surface area contributed by atoms with Crippen molar-refractivity contribution in [1.29, 1.82) is 0 Å². The lowest BCUT2D eigenvalue weighted by Crippen LogP contribution is -2.22. The lowest BCUT2D eigenvalue weighted by Gasteiger charge is -2.29. The Kier molecular flexibility index (Phi) is 4.60. The van der Waals surface area contributed by atoms with E-state index in [0.29, 0.717) is 11.7 Å². The van der Waals surface area contributed by atoms with Gasteiger partial charge in [0.25, 0.3) is 0 Å². The first kappa shape index (κ1) is 17.0. The van der Waals surface area contributed by atoms with Crippen LogP contribution in [0.1, 0.15) is 78.1 Å². The zero-order valence-corrected chi connectivity index (χ0v) is 14.3. The second-order valence-corrected chi connectivity index (χ2v) is 8.23. The third-order valence-corrected chi connectivity index (χ3v) is 3.89. The average Bonchev–Trinajstić information content (AvgIpc) is 2.24. The zero-order chi connectivity index (χ0) is 15.9. The molecule has 0 aliphatic heterocycles.